The first kappa shape index (κ1) is 18.5. The molecule has 1 unspecified atom stereocenters. The lowest BCUT2D eigenvalue weighted by atomic mass is 9.99. The number of unbranched alkanes of at least 4 members (excludes halogenated alkanes) is 3. The van der Waals surface area contributed by atoms with Gasteiger partial charge in [0.2, 0.25) is 0 Å². The number of benzene rings is 1. The summed E-state index contributed by atoms with van der Waals surface area (Å²) in [6.45, 7) is 5.60. The molecule has 120 valence electrons. The molecule has 0 spiro atoms. The molecule has 0 aromatic heterocycles. The number of hydrogen-bond donors (Lipinski definition) is 1. The van der Waals surface area contributed by atoms with E-state index in [0.717, 1.165) is 23.2 Å². The van der Waals surface area contributed by atoms with Gasteiger partial charge in [0, 0.05) is 6.04 Å². The van der Waals surface area contributed by atoms with Crippen LogP contribution in [0.15, 0.2) is 22.7 Å². The first-order chi connectivity index (χ1) is 10.2. The molecule has 3 heteroatoms. The normalized spacial score (nSPS) is 12.4. The lowest BCUT2D eigenvalue weighted by Gasteiger charge is -2.19. The quantitative estimate of drug-likeness (QED) is 0.541. The highest BCUT2D eigenvalue weighted by Gasteiger charge is 2.10. The number of hydrogen-bond acceptors (Lipinski definition) is 2. The average Bonchev–Trinajstić information content (AvgIpc) is 2.49. The molecule has 1 atom stereocenters. The SMILES string of the molecule is CCCCCCC(Cc1ccc(OC)c(Br)c1)NCCC. The minimum Gasteiger partial charge on any atom is -0.496 e. The maximum absolute atomic E-state index is 5.30. The zero-order valence-corrected chi connectivity index (χ0v) is 15.3. The molecule has 0 heterocycles. The van der Waals surface area contributed by atoms with E-state index in [9.17, 15) is 0 Å². The molecule has 1 aromatic carbocycles. The first-order valence-corrected chi connectivity index (χ1v) is 9.06. The molecule has 1 rings (SSSR count). The number of nitrogens with one attached hydrogen (secondary N) is 1. The van der Waals surface area contributed by atoms with Gasteiger partial charge in [-0.25, -0.2) is 0 Å². The Balaban J connectivity index is 2.55. The van der Waals surface area contributed by atoms with E-state index in [2.05, 4.69) is 47.2 Å². The van der Waals surface area contributed by atoms with Crippen LogP contribution in [0.1, 0.15) is 57.9 Å². The second-order valence-electron chi connectivity index (χ2n) is 5.67. The van der Waals surface area contributed by atoms with Gasteiger partial charge in [0.05, 0.1) is 11.6 Å². The summed E-state index contributed by atoms with van der Waals surface area (Å²) in [5.74, 6) is 0.903. The Morgan fingerprint density at radius 2 is 1.95 bits per heavy atom. The topological polar surface area (TPSA) is 21.3 Å². The average molecular weight is 356 g/mol. The molecular weight excluding hydrogens is 326 g/mol. The molecule has 0 saturated heterocycles. The van der Waals surface area contributed by atoms with E-state index < -0.39 is 0 Å². The van der Waals surface area contributed by atoms with Crippen LogP contribution >= 0.6 is 15.9 Å². The number of rotatable bonds is 11. The molecule has 0 fully saturated rings. The standard InChI is InChI=1S/C18H30BrNO/c1-4-6-7-8-9-16(20-12-5-2)13-15-10-11-18(21-3)17(19)14-15/h10-11,14,16,20H,4-9,12-13H2,1-3H3. The van der Waals surface area contributed by atoms with Gasteiger partial charge in [-0.15, -0.1) is 0 Å². The van der Waals surface area contributed by atoms with Crippen LogP contribution in [0.25, 0.3) is 0 Å². The van der Waals surface area contributed by atoms with Crippen molar-refractivity contribution in [1.29, 1.82) is 0 Å². The molecule has 1 N–H and O–H groups in total. The van der Waals surface area contributed by atoms with Gasteiger partial charge in [-0.05, 0) is 59.4 Å². The smallest absolute Gasteiger partial charge is 0.133 e. The predicted molar refractivity (Wildman–Crippen MR) is 95.2 cm³/mol. The lowest BCUT2D eigenvalue weighted by Crippen LogP contribution is -2.31. The fourth-order valence-corrected chi connectivity index (χ4v) is 3.15. The Labute approximate surface area is 138 Å². The second kappa shape index (κ2) is 11.1. The van der Waals surface area contributed by atoms with Crippen LogP contribution in [-0.2, 0) is 6.42 Å². The minimum atomic E-state index is 0.585. The van der Waals surface area contributed by atoms with Gasteiger partial charge in [-0.1, -0.05) is 45.6 Å². The van der Waals surface area contributed by atoms with E-state index in [-0.39, 0.29) is 0 Å². The molecule has 0 saturated carbocycles. The second-order valence-corrected chi connectivity index (χ2v) is 6.53. The summed E-state index contributed by atoms with van der Waals surface area (Å²) in [5, 5.41) is 3.70. The van der Waals surface area contributed by atoms with Gasteiger partial charge in [-0.3, -0.25) is 0 Å². The summed E-state index contributed by atoms with van der Waals surface area (Å²) in [4.78, 5) is 0. The van der Waals surface area contributed by atoms with E-state index >= 15 is 0 Å². The summed E-state index contributed by atoms with van der Waals surface area (Å²) >= 11 is 3.58. The zero-order valence-electron chi connectivity index (χ0n) is 13.8. The van der Waals surface area contributed by atoms with Gasteiger partial charge < -0.3 is 10.1 Å². The summed E-state index contributed by atoms with van der Waals surface area (Å²) in [6.07, 6.45) is 8.89. The summed E-state index contributed by atoms with van der Waals surface area (Å²) < 4.78 is 6.34. The molecular formula is C18H30BrNO. The molecule has 0 aliphatic carbocycles. The van der Waals surface area contributed by atoms with Crippen LogP contribution in [-0.4, -0.2) is 19.7 Å². The van der Waals surface area contributed by atoms with E-state index in [0.29, 0.717) is 6.04 Å². The maximum atomic E-state index is 5.30. The molecule has 0 radical (unpaired) electrons. The fourth-order valence-electron chi connectivity index (χ4n) is 2.56. The van der Waals surface area contributed by atoms with Gasteiger partial charge in [0.15, 0.2) is 0 Å². The lowest BCUT2D eigenvalue weighted by molar-refractivity contribution is 0.411. The van der Waals surface area contributed by atoms with Crippen molar-refractivity contribution in [3.8, 4) is 5.75 Å². The molecule has 0 aliphatic rings. The van der Waals surface area contributed by atoms with Crippen LogP contribution < -0.4 is 10.1 Å². The van der Waals surface area contributed by atoms with Crippen LogP contribution in [0, 0.1) is 0 Å². The first-order valence-electron chi connectivity index (χ1n) is 8.27. The zero-order chi connectivity index (χ0) is 15.5. The van der Waals surface area contributed by atoms with Crippen molar-refractivity contribution in [1.82, 2.24) is 5.32 Å². The Kier molecular flexibility index (Phi) is 9.77. The fraction of sp³-hybridized carbons (Fsp3) is 0.667. The van der Waals surface area contributed by atoms with E-state index in [4.69, 9.17) is 4.74 Å². The van der Waals surface area contributed by atoms with Gasteiger partial charge in [-0.2, -0.15) is 0 Å². The highest BCUT2D eigenvalue weighted by Crippen LogP contribution is 2.26. The highest BCUT2D eigenvalue weighted by molar-refractivity contribution is 9.10. The van der Waals surface area contributed by atoms with Crippen LogP contribution in [0.4, 0.5) is 0 Å². The Hall–Kier alpha value is -0.540. The monoisotopic (exact) mass is 355 g/mol. The number of methoxy groups -OCH3 is 1. The Bertz CT molecular complexity index is 395. The molecule has 2 nitrogen and oxygen atoms in total. The van der Waals surface area contributed by atoms with Gasteiger partial charge in [0.1, 0.15) is 5.75 Å². The minimum absolute atomic E-state index is 0.585. The molecule has 0 amide bonds. The van der Waals surface area contributed by atoms with Crippen molar-refractivity contribution in [3.63, 3.8) is 0 Å². The van der Waals surface area contributed by atoms with Gasteiger partial charge >= 0.3 is 0 Å². The van der Waals surface area contributed by atoms with E-state index in [1.54, 1.807) is 7.11 Å². The third kappa shape index (κ3) is 7.32. The van der Waals surface area contributed by atoms with Crippen LogP contribution in [0.5, 0.6) is 5.75 Å². The summed E-state index contributed by atoms with van der Waals surface area (Å²) in [5.41, 5.74) is 1.37. The van der Waals surface area contributed by atoms with Crippen molar-refractivity contribution < 1.29 is 4.74 Å². The molecule has 0 bridgehead atoms. The van der Waals surface area contributed by atoms with Crippen LogP contribution in [0.2, 0.25) is 0 Å². The van der Waals surface area contributed by atoms with Crippen LogP contribution in [0.3, 0.4) is 0 Å². The molecule has 1 aromatic rings. The van der Waals surface area contributed by atoms with Crippen molar-refractivity contribution in [2.45, 2.75) is 64.8 Å². The van der Waals surface area contributed by atoms with E-state index in [1.165, 1.54) is 44.1 Å². The highest BCUT2D eigenvalue weighted by atomic mass is 79.9. The summed E-state index contributed by atoms with van der Waals surface area (Å²) in [7, 11) is 1.71. The third-order valence-corrected chi connectivity index (χ3v) is 4.41. The predicted octanol–water partition coefficient (Wildman–Crippen LogP) is 5.34. The Morgan fingerprint density at radius 1 is 1.14 bits per heavy atom. The maximum Gasteiger partial charge on any atom is 0.133 e. The van der Waals surface area contributed by atoms with Gasteiger partial charge in [0.25, 0.3) is 0 Å². The summed E-state index contributed by atoms with van der Waals surface area (Å²) in [6, 6.07) is 7.00. The van der Waals surface area contributed by atoms with Crippen molar-refractivity contribution in [2.24, 2.45) is 0 Å². The Morgan fingerprint density at radius 3 is 2.57 bits per heavy atom. The molecule has 0 aliphatic heterocycles. The number of ether oxygens (including phenoxy) is 1. The van der Waals surface area contributed by atoms with Crippen molar-refractivity contribution >= 4 is 15.9 Å². The largest absolute Gasteiger partial charge is 0.496 e. The number of halogens is 1. The van der Waals surface area contributed by atoms with Crippen molar-refractivity contribution in [3.05, 3.63) is 28.2 Å². The van der Waals surface area contributed by atoms with Crippen molar-refractivity contribution in [2.75, 3.05) is 13.7 Å². The third-order valence-electron chi connectivity index (χ3n) is 3.79. The molecule has 21 heavy (non-hydrogen) atoms. The van der Waals surface area contributed by atoms with E-state index in [1.807, 2.05) is 6.07 Å².